The van der Waals surface area contributed by atoms with Gasteiger partial charge in [-0.05, 0) is 92.0 Å². The molecule has 0 aliphatic carbocycles. The van der Waals surface area contributed by atoms with E-state index in [-0.39, 0.29) is 5.41 Å². The van der Waals surface area contributed by atoms with E-state index >= 15 is 0 Å². The smallest absolute Gasteiger partial charge is 0.0541 e. The molecule has 0 aliphatic rings. The molecule has 0 unspecified atom stereocenters. The van der Waals surface area contributed by atoms with Crippen molar-refractivity contribution in [3.8, 4) is 27.9 Å². The largest absolute Gasteiger partial charge is 0.309 e. The second-order valence-electron chi connectivity index (χ2n) is 13.1. The molecule has 0 bridgehead atoms. The second kappa shape index (κ2) is 9.96. The first-order valence-electron chi connectivity index (χ1n) is 15.5. The van der Waals surface area contributed by atoms with Gasteiger partial charge in [0.15, 0.2) is 0 Å². The summed E-state index contributed by atoms with van der Waals surface area (Å²) in [6.07, 6.45) is 0. The average molecular weight is 566 g/mol. The lowest BCUT2D eigenvalue weighted by Gasteiger charge is -2.23. The highest BCUT2D eigenvalue weighted by molar-refractivity contribution is 6.21. The average Bonchev–Trinajstić information content (AvgIpc) is 3.38. The number of nitrogens with zero attached hydrogens (tertiary/aromatic N) is 1. The van der Waals surface area contributed by atoms with E-state index in [0.29, 0.717) is 0 Å². The molecule has 8 rings (SSSR count). The quantitative estimate of drug-likeness (QED) is 0.188. The molecule has 44 heavy (non-hydrogen) atoms. The molecule has 1 heteroatoms. The third kappa shape index (κ3) is 4.15. The lowest BCUT2D eigenvalue weighted by molar-refractivity contribution is 0.591. The summed E-state index contributed by atoms with van der Waals surface area (Å²) in [5, 5.41) is 7.71. The van der Waals surface area contributed by atoms with Crippen LogP contribution in [0.25, 0.3) is 71.3 Å². The zero-order valence-corrected chi connectivity index (χ0v) is 25.7. The number of benzene rings is 7. The molecule has 1 nitrogen and oxygen atoms in total. The van der Waals surface area contributed by atoms with Crippen molar-refractivity contribution in [2.45, 2.75) is 33.1 Å². The first kappa shape index (κ1) is 26.5. The first-order valence-corrected chi connectivity index (χ1v) is 15.5. The Bertz CT molecular complexity index is 2310. The fourth-order valence-corrected chi connectivity index (χ4v) is 6.99. The lowest BCUT2D eigenvalue weighted by atomic mass is 9.81. The van der Waals surface area contributed by atoms with E-state index in [2.05, 4.69) is 172 Å². The summed E-state index contributed by atoms with van der Waals surface area (Å²) in [6, 6.07) is 51.7. The van der Waals surface area contributed by atoms with Crippen LogP contribution in [0.5, 0.6) is 0 Å². The van der Waals surface area contributed by atoms with Crippen molar-refractivity contribution in [1.29, 1.82) is 0 Å². The lowest BCUT2D eigenvalue weighted by Crippen LogP contribution is -2.10. The zero-order chi connectivity index (χ0) is 30.0. The molecule has 1 aromatic heterocycles. The predicted octanol–water partition coefficient (Wildman–Crippen LogP) is 12.0. The van der Waals surface area contributed by atoms with Crippen LogP contribution in [0.4, 0.5) is 0 Å². The van der Waals surface area contributed by atoms with Gasteiger partial charge >= 0.3 is 0 Å². The molecule has 0 spiro atoms. The van der Waals surface area contributed by atoms with Crippen molar-refractivity contribution < 1.29 is 0 Å². The van der Waals surface area contributed by atoms with Gasteiger partial charge < -0.3 is 4.57 Å². The van der Waals surface area contributed by atoms with E-state index in [1.54, 1.807) is 0 Å². The highest BCUT2D eigenvalue weighted by Gasteiger charge is 2.21. The van der Waals surface area contributed by atoms with E-state index in [1.807, 2.05) is 0 Å². The molecule has 0 N–H and O–H groups in total. The fourth-order valence-electron chi connectivity index (χ4n) is 6.99. The molecule has 8 aromatic rings. The molecule has 0 aliphatic heterocycles. The summed E-state index contributed by atoms with van der Waals surface area (Å²) in [6.45, 7) is 9.07. The molecular formula is C43H35N. The highest BCUT2D eigenvalue weighted by Crippen LogP contribution is 2.45. The predicted molar refractivity (Wildman–Crippen MR) is 190 cm³/mol. The maximum atomic E-state index is 2.45. The summed E-state index contributed by atoms with van der Waals surface area (Å²) in [7, 11) is 0. The van der Waals surface area contributed by atoms with Gasteiger partial charge in [0.1, 0.15) is 0 Å². The molecule has 212 valence electrons. The normalized spacial score (nSPS) is 12.1. The fraction of sp³-hybridized carbons (Fsp3) is 0.116. The van der Waals surface area contributed by atoms with Crippen molar-refractivity contribution >= 4 is 43.4 Å². The number of aromatic nitrogens is 1. The van der Waals surface area contributed by atoms with E-state index < -0.39 is 0 Å². The Labute approximate surface area is 259 Å². The summed E-state index contributed by atoms with van der Waals surface area (Å²) in [5.41, 5.74) is 11.4. The minimum atomic E-state index is 0.0337. The Morgan fingerprint density at radius 3 is 1.59 bits per heavy atom. The molecule has 0 saturated carbocycles. The van der Waals surface area contributed by atoms with Gasteiger partial charge in [-0.1, -0.05) is 136 Å². The van der Waals surface area contributed by atoms with Crippen LogP contribution in [0.1, 0.15) is 31.9 Å². The molecule has 0 amide bonds. The number of fused-ring (bicyclic) bond motifs is 5. The van der Waals surface area contributed by atoms with Crippen LogP contribution >= 0.6 is 0 Å². The topological polar surface area (TPSA) is 4.93 Å². The van der Waals surface area contributed by atoms with Gasteiger partial charge in [-0.25, -0.2) is 0 Å². The summed E-state index contributed by atoms with van der Waals surface area (Å²) in [4.78, 5) is 0. The Kier molecular flexibility index (Phi) is 6.00. The van der Waals surface area contributed by atoms with Crippen LogP contribution in [0.15, 0.2) is 140 Å². The van der Waals surface area contributed by atoms with Crippen molar-refractivity contribution in [3.05, 3.63) is 151 Å². The van der Waals surface area contributed by atoms with Gasteiger partial charge in [-0.3, -0.25) is 0 Å². The third-order valence-electron chi connectivity index (χ3n) is 9.20. The van der Waals surface area contributed by atoms with Crippen molar-refractivity contribution in [1.82, 2.24) is 4.57 Å². The molecule has 0 saturated heterocycles. The molecule has 0 fully saturated rings. The Morgan fingerprint density at radius 1 is 0.432 bits per heavy atom. The molecule has 0 atom stereocenters. The van der Waals surface area contributed by atoms with Gasteiger partial charge in [-0.2, -0.15) is 0 Å². The van der Waals surface area contributed by atoms with Crippen molar-refractivity contribution in [2.24, 2.45) is 0 Å². The van der Waals surface area contributed by atoms with Crippen LogP contribution in [0, 0.1) is 6.92 Å². The first-order chi connectivity index (χ1) is 21.4. The minimum Gasteiger partial charge on any atom is -0.309 e. The van der Waals surface area contributed by atoms with Crippen LogP contribution in [0.2, 0.25) is 0 Å². The Hall–Kier alpha value is -5.14. The van der Waals surface area contributed by atoms with Crippen molar-refractivity contribution in [3.63, 3.8) is 0 Å². The maximum absolute atomic E-state index is 2.45. The number of hydrogen-bond acceptors (Lipinski definition) is 0. The van der Waals surface area contributed by atoms with Gasteiger partial charge in [0.25, 0.3) is 0 Å². The van der Waals surface area contributed by atoms with Gasteiger partial charge in [0.05, 0.1) is 11.0 Å². The van der Waals surface area contributed by atoms with Crippen molar-refractivity contribution in [2.75, 3.05) is 0 Å². The van der Waals surface area contributed by atoms with Crippen LogP contribution in [0.3, 0.4) is 0 Å². The molecular weight excluding hydrogens is 530 g/mol. The minimum absolute atomic E-state index is 0.0337. The zero-order valence-electron chi connectivity index (χ0n) is 25.7. The number of para-hydroxylation sites is 2. The standard InChI is InChI=1S/C43H35N/c1-28-20-22-29(23-21-28)41-35-16-5-6-17-36(35)42(38-27-31(43(2,3)4)24-25-37(38)41)30-12-11-13-32(26-30)44-39-18-9-7-14-33(39)34-15-8-10-19-40(34)44/h5-27H,1-4H3. The van der Waals surface area contributed by atoms with E-state index in [4.69, 9.17) is 0 Å². The van der Waals surface area contributed by atoms with Gasteiger partial charge in [0, 0.05) is 16.5 Å². The summed E-state index contributed by atoms with van der Waals surface area (Å²) in [5.74, 6) is 0. The van der Waals surface area contributed by atoms with E-state index in [9.17, 15) is 0 Å². The van der Waals surface area contributed by atoms with Crippen LogP contribution < -0.4 is 0 Å². The number of aryl methyl sites for hydroxylation is 1. The highest BCUT2D eigenvalue weighted by atomic mass is 15.0. The Morgan fingerprint density at radius 2 is 0.977 bits per heavy atom. The maximum Gasteiger partial charge on any atom is 0.0541 e. The van der Waals surface area contributed by atoms with E-state index in [0.717, 1.165) is 0 Å². The molecule has 1 heterocycles. The molecule has 0 radical (unpaired) electrons. The third-order valence-corrected chi connectivity index (χ3v) is 9.20. The monoisotopic (exact) mass is 565 g/mol. The van der Waals surface area contributed by atoms with Crippen LogP contribution in [-0.4, -0.2) is 4.57 Å². The number of rotatable bonds is 3. The summed E-state index contributed by atoms with van der Waals surface area (Å²) < 4.78 is 2.42. The second-order valence-corrected chi connectivity index (χ2v) is 13.1. The van der Waals surface area contributed by atoms with E-state index in [1.165, 1.54) is 82.4 Å². The molecule has 7 aromatic carbocycles. The number of hydrogen-bond donors (Lipinski definition) is 0. The Balaban J connectivity index is 1.47. The van der Waals surface area contributed by atoms with Gasteiger partial charge in [0.2, 0.25) is 0 Å². The SMILES string of the molecule is Cc1ccc(-c2c3ccccc3c(-c3cccc(-n4c5ccccc5c5ccccc54)c3)c3cc(C(C)(C)C)ccc23)cc1. The van der Waals surface area contributed by atoms with Crippen LogP contribution in [-0.2, 0) is 5.41 Å². The summed E-state index contributed by atoms with van der Waals surface area (Å²) >= 11 is 0. The van der Waals surface area contributed by atoms with Gasteiger partial charge in [-0.15, -0.1) is 0 Å².